The van der Waals surface area contributed by atoms with Crippen LogP contribution in [0, 0.1) is 0 Å². The number of ether oxygens (including phenoxy) is 1. The Morgan fingerprint density at radius 3 is 2.61 bits per heavy atom. The molecule has 0 spiro atoms. The van der Waals surface area contributed by atoms with Crippen LogP contribution in [0.2, 0.25) is 0 Å². The van der Waals surface area contributed by atoms with Gasteiger partial charge < -0.3 is 9.26 Å². The molecular weight excluding hydrogens is 288 g/mol. The van der Waals surface area contributed by atoms with Gasteiger partial charge in [0.05, 0.1) is 12.5 Å². The van der Waals surface area contributed by atoms with E-state index in [-0.39, 0.29) is 0 Å². The highest BCUT2D eigenvalue weighted by Gasteiger charge is 2.16. The quantitative estimate of drug-likeness (QED) is 0.556. The molecule has 0 atom stereocenters. The maximum absolute atomic E-state index is 5.66. The largest absolute Gasteiger partial charge is 0.496 e. The number of benzene rings is 2. The lowest BCUT2D eigenvalue weighted by atomic mass is 10.0. The molecule has 4 nitrogen and oxygen atoms in total. The zero-order chi connectivity index (χ0) is 15.6. The van der Waals surface area contributed by atoms with Crippen molar-refractivity contribution in [3.05, 3.63) is 67.0 Å². The van der Waals surface area contributed by atoms with E-state index in [0.29, 0.717) is 0 Å². The lowest BCUT2D eigenvalue weighted by molar-refractivity contribution is 0.415. The summed E-state index contributed by atoms with van der Waals surface area (Å²) in [6.07, 6.45) is 3.48. The fraction of sp³-hybridized carbons (Fsp3) is 0.0526. The summed E-state index contributed by atoms with van der Waals surface area (Å²) >= 11 is 0. The molecule has 0 N–H and O–H groups in total. The topological polar surface area (TPSA) is 48.2 Å². The second-order valence-corrected chi connectivity index (χ2v) is 5.16. The fourth-order valence-corrected chi connectivity index (χ4v) is 2.74. The van der Waals surface area contributed by atoms with Gasteiger partial charge in [0.1, 0.15) is 11.4 Å². The van der Waals surface area contributed by atoms with Crippen molar-refractivity contribution in [2.75, 3.05) is 7.11 Å². The van der Waals surface area contributed by atoms with Crippen LogP contribution in [-0.2, 0) is 0 Å². The van der Waals surface area contributed by atoms with Crippen LogP contribution in [0.1, 0.15) is 0 Å². The Hall–Kier alpha value is -3.14. The molecule has 0 amide bonds. The van der Waals surface area contributed by atoms with Gasteiger partial charge in [-0.1, -0.05) is 47.6 Å². The second kappa shape index (κ2) is 5.57. The lowest BCUT2D eigenvalue weighted by Crippen LogP contribution is -1.89. The summed E-state index contributed by atoms with van der Waals surface area (Å²) < 4.78 is 11.1. The first-order valence-corrected chi connectivity index (χ1v) is 7.30. The van der Waals surface area contributed by atoms with E-state index in [1.807, 2.05) is 54.6 Å². The van der Waals surface area contributed by atoms with Gasteiger partial charge in [0.15, 0.2) is 5.58 Å². The number of pyridine rings is 1. The SMILES string of the molecule is COc1ccncc1-c1cccc2c(-c3ccccc3)noc12. The minimum atomic E-state index is 0.734. The molecule has 4 heteroatoms. The molecule has 0 fully saturated rings. The molecule has 0 aliphatic rings. The Bertz CT molecular complexity index is 961. The van der Waals surface area contributed by atoms with Crippen LogP contribution in [0.3, 0.4) is 0 Å². The minimum absolute atomic E-state index is 0.734. The highest BCUT2D eigenvalue weighted by atomic mass is 16.5. The molecule has 0 saturated heterocycles. The van der Waals surface area contributed by atoms with Gasteiger partial charge in [0.2, 0.25) is 0 Å². The average Bonchev–Trinajstić information content (AvgIpc) is 3.06. The zero-order valence-electron chi connectivity index (χ0n) is 12.6. The Kier molecular flexibility index (Phi) is 3.27. The van der Waals surface area contributed by atoms with Gasteiger partial charge in [0, 0.05) is 29.1 Å². The van der Waals surface area contributed by atoms with E-state index in [2.05, 4.69) is 10.1 Å². The Morgan fingerprint density at radius 1 is 0.913 bits per heavy atom. The van der Waals surface area contributed by atoms with Crippen LogP contribution in [0.25, 0.3) is 33.4 Å². The van der Waals surface area contributed by atoms with Gasteiger partial charge in [-0.05, 0) is 12.1 Å². The number of fused-ring (bicyclic) bond motifs is 1. The first-order chi connectivity index (χ1) is 11.4. The first kappa shape index (κ1) is 13.5. The van der Waals surface area contributed by atoms with Gasteiger partial charge in [-0.2, -0.15) is 0 Å². The Labute approximate surface area is 133 Å². The fourth-order valence-electron chi connectivity index (χ4n) is 2.74. The van der Waals surface area contributed by atoms with E-state index >= 15 is 0 Å². The van der Waals surface area contributed by atoms with Gasteiger partial charge in [-0.15, -0.1) is 0 Å². The molecule has 23 heavy (non-hydrogen) atoms. The summed E-state index contributed by atoms with van der Waals surface area (Å²) in [5.41, 5.74) is 4.41. The zero-order valence-corrected chi connectivity index (χ0v) is 12.6. The van der Waals surface area contributed by atoms with E-state index in [1.165, 1.54) is 0 Å². The number of para-hydroxylation sites is 1. The Balaban J connectivity index is 1.95. The maximum Gasteiger partial charge on any atom is 0.175 e. The predicted molar refractivity (Wildman–Crippen MR) is 89.2 cm³/mol. The molecule has 0 unspecified atom stereocenters. The number of hydrogen-bond donors (Lipinski definition) is 0. The standard InChI is InChI=1S/C19H14N2O2/c1-22-17-10-11-20-12-16(17)14-8-5-9-15-18(21-23-19(14)15)13-6-3-2-4-7-13/h2-12H,1H3. The van der Waals surface area contributed by atoms with Crippen molar-refractivity contribution < 1.29 is 9.26 Å². The molecule has 4 aromatic rings. The second-order valence-electron chi connectivity index (χ2n) is 5.16. The van der Waals surface area contributed by atoms with Crippen LogP contribution in [0.4, 0.5) is 0 Å². The summed E-state index contributed by atoms with van der Waals surface area (Å²) in [5.74, 6) is 0.755. The van der Waals surface area contributed by atoms with Crippen LogP contribution in [-0.4, -0.2) is 17.3 Å². The van der Waals surface area contributed by atoms with Crippen molar-refractivity contribution >= 4 is 11.0 Å². The summed E-state index contributed by atoms with van der Waals surface area (Å²) in [7, 11) is 1.65. The first-order valence-electron chi connectivity index (χ1n) is 7.30. The van der Waals surface area contributed by atoms with Crippen LogP contribution in [0.5, 0.6) is 5.75 Å². The third kappa shape index (κ3) is 2.25. The number of methoxy groups -OCH3 is 1. The van der Waals surface area contributed by atoms with Gasteiger partial charge >= 0.3 is 0 Å². The normalized spacial score (nSPS) is 10.8. The number of nitrogens with zero attached hydrogens (tertiary/aromatic N) is 2. The van der Waals surface area contributed by atoms with Gasteiger partial charge in [0.25, 0.3) is 0 Å². The van der Waals surface area contributed by atoms with Crippen molar-refractivity contribution in [1.82, 2.24) is 10.1 Å². The molecule has 2 aromatic carbocycles. The van der Waals surface area contributed by atoms with E-state index in [4.69, 9.17) is 9.26 Å². The van der Waals surface area contributed by atoms with E-state index in [9.17, 15) is 0 Å². The average molecular weight is 302 g/mol. The molecule has 0 bridgehead atoms. The molecule has 2 aromatic heterocycles. The molecule has 0 aliphatic carbocycles. The van der Waals surface area contributed by atoms with E-state index in [0.717, 1.165) is 39.1 Å². The number of hydrogen-bond acceptors (Lipinski definition) is 4. The van der Waals surface area contributed by atoms with Gasteiger partial charge in [-0.3, -0.25) is 4.98 Å². The smallest absolute Gasteiger partial charge is 0.175 e. The number of aromatic nitrogens is 2. The van der Waals surface area contributed by atoms with Crippen LogP contribution < -0.4 is 4.74 Å². The van der Waals surface area contributed by atoms with Crippen molar-refractivity contribution in [3.8, 4) is 28.1 Å². The third-order valence-electron chi connectivity index (χ3n) is 3.84. The van der Waals surface area contributed by atoms with Crippen LogP contribution >= 0.6 is 0 Å². The summed E-state index contributed by atoms with van der Waals surface area (Å²) in [5, 5.41) is 5.24. The maximum atomic E-state index is 5.66. The van der Waals surface area contributed by atoms with Crippen LogP contribution in [0.15, 0.2) is 71.5 Å². The lowest BCUT2D eigenvalue weighted by Gasteiger charge is -2.07. The monoisotopic (exact) mass is 302 g/mol. The minimum Gasteiger partial charge on any atom is -0.496 e. The molecule has 0 aliphatic heterocycles. The molecule has 112 valence electrons. The third-order valence-corrected chi connectivity index (χ3v) is 3.84. The molecular formula is C19H14N2O2. The highest BCUT2D eigenvalue weighted by molar-refractivity contribution is 6.00. The van der Waals surface area contributed by atoms with Crippen molar-refractivity contribution in [2.45, 2.75) is 0 Å². The van der Waals surface area contributed by atoms with Gasteiger partial charge in [-0.25, -0.2) is 0 Å². The molecule has 4 rings (SSSR count). The molecule has 0 saturated carbocycles. The van der Waals surface area contributed by atoms with E-state index < -0.39 is 0 Å². The highest BCUT2D eigenvalue weighted by Crippen LogP contribution is 2.37. The van der Waals surface area contributed by atoms with Crippen molar-refractivity contribution in [3.63, 3.8) is 0 Å². The van der Waals surface area contributed by atoms with Crippen molar-refractivity contribution in [1.29, 1.82) is 0 Å². The summed E-state index contributed by atoms with van der Waals surface area (Å²) in [4.78, 5) is 4.20. The summed E-state index contributed by atoms with van der Waals surface area (Å²) in [6, 6.07) is 17.8. The Morgan fingerprint density at radius 2 is 1.78 bits per heavy atom. The van der Waals surface area contributed by atoms with E-state index in [1.54, 1.807) is 19.5 Å². The van der Waals surface area contributed by atoms with Crippen molar-refractivity contribution in [2.24, 2.45) is 0 Å². The number of rotatable bonds is 3. The molecule has 2 heterocycles. The summed E-state index contributed by atoms with van der Waals surface area (Å²) in [6.45, 7) is 0. The predicted octanol–water partition coefficient (Wildman–Crippen LogP) is 4.57. The molecule has 0 radical (unpaired) electrons.